The highest BCUT2D eigenvalue weighted by atomic mass is 16.5. The molecular formula is C12H24N2O. The van der Waals surface area contributed by atoms with Crippen molar-refractivity contribution in [2.45, 2.75) is 38.6 Å². The fourth-order valence-corrected chi connectivity index (χ4v) is 2.74. The first kappa shape index (κ1) is 11.4. The fourth-order valence-electron chi connectivity index (χ4n) is 2.74. The molecular weight excluding hydrogens is 188 g/mol. The Morgan fingerprint density at radius 3 is 2.73 bits per heavy atom. The van der Waals surface area contributed by atoms with Gasteiger partial charge in [0.2, 0.25) is 0 Å². The average Bonchev–Trinajstić information content (AvgIpc) is 2.40. The normalized spacial score (nSPS) is 32.0. The number of ether oxygens (including phenoxy) is 1. The Bertz CT molecular complexity index is 204. The van der Waals surface area contributed by atoms with E-state index in [1.54, 1.807) is 0 Å². The summed E-state index contributed by atoms with van der Waals surface area (Å²) in [5.74, 6) is 0. The van der Waals surface area contributed by atoms with E-state index in [0.717, 1.165) is 19.8 Å². The third kappa shape index (κ3) is 2.71. The Kier molecular flexibility index (Phi) is 3.65. The summed E-state index contributed by atoms with van der Waals surface area (Å²) in [7, 11) is 0. The Hall–Kier alpha value is -0.120. The lowest BCUT2D eigenvalue weighted by Gasteiger charge is -2.43. The summed E-state index contributed by atoms with van der Waals surface area (Å²) in [4.78, 5) is 2.61. The molecule has 1 atom stereocenters. The van der Waals surface area contributed by atoms with E-state index < -0.39 is 0 Å². The summed E-state index contributed by atoms with van der Waals surface area (Å²) in [5, 5.41) is 0. The Balaban J connectivity index is 1.91. The Morgan fingerprint density at radius 2 is 2.13 bits per heavy atom. The van der Waals surface area contributed by atoms with Crippen molar-refractivity contribution in [3.05, 3.63) is 0 Å². The molecule has 0 bridgehead atoms. The van der Waals surface area contributed by atoms with Crippen LogP contribution in [-0.2, 0) is 4.74 Å². The van der Waals surface area contributed by atoms with Gasteiger partial charge < -0.3 is 10.5 Å². The molecule has 2 aliphatic rings. The van der Waals surface area contributed by atoms with Crippen LogP contribution in [0, 0.1) is 5.41 Å². The molecule has 3 nitrogen and oxygen atoms in total. The molecule has 0 radical (unpaired) electrons. The van der Waals surface area contributed by atoms with Crippen molar-refractivity contribution in [2.24, 2.45) is 11.1 Å². The van der Waals surface area contributed by atoms with E-state index in [1.807, 2.05) is 0 Å². The Labute approximate surface area is 93.0 Å². The maximum absolute atomic E-state index is 5.87. The van der Waals surface area contributed by atoms with Crippen LogP contribution >= 0.6 is 0 Å². The maximum atomic E-state index is 5.87. The van der Waals surface area contributed by atoms with Crippen LogP contribution in [0.1, 0.15) is 32.6 Å². The minimum absolute atomic E-state index is 0.401. The van der Waals surface area contributed by atoms with Gasteiger partial charge in [-0.1, -0.05) is 19.8 Å². The molecule has 0 saturated carbocycles. The third-order valence-electron chi connectivity index (χ3n) is 3.76. The van der Waals surface area contributed by atoms with E-state index in [-0.39, 0.29) is 0 Å². The number of hydrogen-bond acceptors (Lipinski definition) is 3. The summed E-state index contributed by atoms with van der Waals surface area (Å²) in [6.07, 6.45) is 5.35. The first-order valence-electron chi connectivity index (χ1n) is 6.25. The van der Waals surface area contributed by atoms with Gasteiger partial charge in [0.1, 0.15) is 0 Å². The number of hydrogen-bond donors (Lipinski definition) is 1. The number of nitrogens with zero attached hydrogens (tertiary/aromatic N) is 1. The monoisotopic (exact) mass is 212 g/mol. The lowest BCUT2D eigenvalue weighted by molar-refractivity contribution is -0.118. The van der Waals surface area contributed by atoms with E-state index in [9.17, 15) is 0 Å². The molecule has 2 fully saturated rings. The second-order valence-corrected chi connectivity index (χ2v) is 5.51. The molecule has 2 saturated heterocycles. The molecule has 3 heteroatoms. The SMILES string of the molecule is CC1(CN2CCCCCC2CN)COC1. The molecule has 2 rings (SSSR count). The first-order valence-corrected chi connectivity index (χ1v) is 6.25. The lowest BCUT2D eigenvalue weighted by atomic mass is 9.87. The largest absolute Gasteiger partial charge is 0.380 e. The molecule has 2 N–H and O–H groups in total. The van der Waals surface area contributed by atoms with Crippen molar-refractivity contribution >= 4 is 0 Å². The number of rotatable bonds is 3. The highest BCUT2D eigenvalue weighted by Crippen LogP contribution is 2.29. The van der Waals surface area contributed by atoms with Gasteiger partial charge in [-0.3, -0.25) is 4.90 Å². The van der Waals surface area contributed by atoms with Crippen LogP contribution in [0.2, 0.25) is 0 Å². The van der Waals surface area contributed by atoms with Crippen LogP contribution in [0.4, 0.5) is 0 Å². The van der Waals surface area contributed by atoms with Gasteiger partial charge in [0.15, 0.2) is 0 Å². The summed E-state index contributed by atoms with van der Waals surface area (Å²) in [5.41, 5.74) is 6.27. The highest BCUT2D eigenvalue weighted by molar-refractivity contribution is 4.87. The lowest BCUT2D eigenvalue weighted by Crippen LogP contribution is -2.52. The zero-order valence-electron chi connectivity index (χ0n) is 9.87. The van der Waals surface area contributed by atoms with Crippen molar-refractivity contribution in [2.75, 3.05) is 32.8 Å². The van der Waals surface area contributed by atoms with E-state index in [2.05, 4.69) is 11.8 Å². The predicted octanol–water partition coefficient (Wildman–Crippen LogP) is 1.23. The van der Waals surface area contributed by atoms with Gasteiger partial charge in [-0.15, -0.1) is 0 Å². The summed E-state index contributed by atoms with van der Waals surface area (Å²) < 4.78 is 5.32. The van der Waals surface area contributed by atoms with Gasteiger partial charge in [0.25, 0.3) is 0 Å². The minimum atomic E-state index is 0.401. The second-order valence-electron chi connectivity index (χ2n) is 5.51. The molecule has 88 valence electrons. The zero-order valence-corrected chi connectivity index (χ0v) is 9.87. The topological polar surface area (TPSA) is 38.5 Å². The van der Waals surface area contributed by atoms with Gasteiger partial charge in [-0.25, -0.2) is 0 Å². The van der Waals surface area contributed by atoms with Crippen LogP contribution in [0.25, 0.3) is 0 Å². The van der Waals surface area contributed by atoms with Crippen molar-refractivity contribution in [1.82, 2.24) is 4.90 Å². The van der Waals surface area contributed by atoms with Gasteiger partial charge in [0, 0.05) is 24.5 Å². The van der Waals surface area contributed by atoms with Gasteiger partial charge >= 0.3 is 0 Å². The predicted molar refractivity (Wildman–Crippen MR) is 61.8 cm³/mol. The van der Waals surface area contributed by atoms with Crippen molar-refractivity contribution in [3.8, 4) is 0 Å². The van der Waals surface area contributed by atoms with Crippen LogP contribution < -0.4 is 5.73 Å². The van der Waals surface area contributed by atoms with Gasteiger partial charge in [-0.05, 0) is 19.4 Å². The zero-order chi connectivity index (χ0) is 10.7. The molecule has 0 amide bonds. The van der Waals surface area contributed by atoms with Crippen LogP contribution in [0.5, 0.6) is 0 Å². The van der Waals surface area contributed by atoms with E-state index in [4.69, 9.17) is 10.5 Å². The molecule has 2 aliphatic heterocycles. The summed E-state index contributed by atoms with van der Waals surface area (Å²) in [6, 6.07) is 0.616. The van der Waals surface area contributed by atoms with Crippen molar-refractivity contribution in [3.63, 3.8) is 0 Å². The molecule has 0 spiro atoms. The van der Waals surface area contributed by atoms with E-state index in [1.165, 1.54) is 38.8 Å². The first-order chi connectivity index (χ1) is 7.23. The molecule has 15 heavy (non-hydrogen) atoms. The number of likely N-dealkylation sites (tertiary alicyclic amines) is 1. The van der Waals surface area contributed by atoms with Gasteiger partial charge in [0.05, 0.1) is 13.2 Å². The summed E-state index contributed by atoms with van der Waals surface area (Å²) in [6.45, 7) is 7.42. The Morgan fingerprint density at radius 1 is 1.33 bits per heavy atom. The van der Waals surface area contributed by atoms with Crippen LogP contribution in [-0.4, -0.2) is 43.8 Å². The molecule has 2 heterocycles. The quantitative estimate of drug-likeness (QED) is 0.764. The number of nitrogens with two attached hydrogens (primary N) is 1. The third-order valence-corrected chi connectivity index (χ3v) is 3.76. The second kappa shape index (κ2) is 4.81. The molecule has 0 aromatic carbocycles. The standard InChI is InChI=1S/C12H24N2O/c1-12(9-15-10-12)8-14-6-4-2-3-5-11(14)7-13/h11H,2-10,13H2,1H3. The highest BCUT2D eigenvalue weighted by Gasteiger charge is 2.36. The molecule has 1 unspecified atom stereocenters. The molecule has 0 aromatic rings. The van der Waals surface area contributed by atoms with Crippen molar-refractivity contribution < 1.29 is 4.74 Å². The maximum Gasteiger partial charge on any atom is 0.0554 e. The minimum Gasteiger partial charge on any atom is -0.380 e. The van der Waals surface area contributed by atoms with E-state index >= 15 is 0 Å². The van der Waals surface area contributed by atoms with Crippen LogP contribution in [0.3, 0.4) is 0 Å². The van der Waals surface area contributed by atoms with Crippen molar-refractivity contribution in [1.29, 1.82) is 0 Å². The average molecular weight is 212 g/mol. The summed E-state index contributed by atoms with van der Waals surface area (Å²) >= 11 is 0. The fraction of sp³-hybridized carbons (Fsp3) is 1.00. The van der Waals surface area contributed by atoms with Gasteiger partial charge in [-0.2, -0.15) is 0 Å². The smallest absolute Gasteiger partial charge is 0.0554 e. The van der Waals surface area contributed by atoms with Crippen LogP contribution in [0.15, 0.2) is 0 Å². The molecule has 0 aliphatic carbocycles. The van der Waals surface area contributed by atoms with E-state index in [0.29, 0.717) is 11.5 Å². The molecule has 0 aromatic heterocycles.